The van der Waals surface area contributed by atoms with Crippen LogP contribution >= 0.6 is 0 Å². The molecule has 0 aliphatic carbocycles. The van der Waals surface area contributed by atoms with Crippen molar-refractivity contribution in [2.45, 2.75) is 52.4 Å². The van der Waals surface area contributed by atoms with Crippen LogP contribution in [-0.4, -0.2) is 48.9 Å². The summed E-state index contributed by atoms with van der Waals surface area (Å²) in [6, 6.07) is 14.3. The molecule has 0 N–H and O–H groups in total. The van der Waals surface area contributed by atoms with Gasteiger partial charge in [0, 0.05) is 0 Å². The SMILES string of the molecule is CCC(C)c1cccc([O-])c1.CCC(C)c1cccc([O-])c1.[Ba+2]. The van der Waals surface area contributed by atoms with Gasteiger partial charge in [0.1, 0.15) is 0 Å². The molecular weight excluding hydrogens is 410 g/mol. The van der Waals surface area contributed by atoms with Gasteiger partial charge in [0.25, 0.3) is 0 Å². The quantitative estimate of drug-likeness (QED) is 0.677. The smallest absolute Gasteiger partial charge is 0.872 e. The summed E-state index contributed by atoms with van der Waals surface area (Å²) in [7, 11) is 0. The molecule has 0 heterocycles. The maximum Gasteiger partial charge on any atom is 2.00 e. The predicted octanol–water partition coefficient (Wildman–Crippen LogP) is 4.17. The van der Waals surface area contributed by atoms with Crippen molar-refractivity contribution >= 4 is 48.9 Å². The van der Waals surface area contributed by atoms with Gasteiger partial charge in [0.2, 0.25) is 0 Å². The van der Waals surface area contributed by atoms with Crippen LogP contribution in [0.25, 0.3) is 0 Å². The summed E-state index contributed by atoms with van der Waals surface area (Å²) in [4.78, 5) is 0. The maximum atomic E-state index is 10.9. The Morgan fingerprint density at radius 1 is 0.739 bits per heavy atom. The molecule has 120 valence electrons. The van der Waals surface area contributed by atoms with E-state index in [1.165, 1.54) is 0 Å². The third kappa shape index (κ3) is 8.32. The fraction of sp³-hybridized carbons (Fsp3) is 0.400. The third-order valence-corrected chi connectivity index (χ3v) is 4.08. The molecular formula is C20H26BaO2. The fourth-order valence-electron chi connectivity index (χ4n) is 2.11. The molecule has 0 bridgehead atoms. The molecule has 2 aromatic rings. The van der Waals surface area contributed by atoms with Gasteiger partial charge in [-0.3, -0.25) is 0 Å². The third-order valence-electron chi connectivity index (χ3n) is 4.08. The Hall–Kier alpha value is -0.389. The van der Waals surface area contributed by atoms with Crippen LogP contribution < -0.4 is 10.2 Å². The molecule has 0 fully saturated rings. The van der Waals surface area contributed by atoms with Gasteiger partial charge in [0.15, 0.2) is 0 Å². The van der Waals surface area contributed by atoms with E-state index in [0.717, 1.165) is 24.0 Å². The fourth-order valence-corrected chi connectivity index (χ4v) is 2.11. The van der Waals surface area contributed by atoms with Gasteiger partial charge in [0.05, 0.1) is 0 Å². The summed E-state index contributed by atoms with van der Waals surface area (Å²) in [6.45, 7) is 8.52. The molecule has 0 saturated carbocycles. The van der Waals surface area contributed by atoms with Crippen molar-refractivity contribution in [3.63, 3.8) is 0 Å². The second-order valence-electron chi connectivity index (χ2n) is 5.76. The summed E-state index contributed by atoms with van der Waals surface area (Å²) in [5.41, 5.74) is 2.31. The molecule has 0 aromatic heterocycles. The zero-order valence-electron chi connectivity index (χ0n) is 14.7. The first-order valence-electron chi connectivity index (χ1n) is 8.01. The molecule has 0 amide bonds. The molecule has 2 rings (SSSR count). The minimum Gasteiger partial charge on any atom is -0.872 e. The van der Waals surface area contributed by atoms with E-state index in [0.29, 0.717) is 11.8 Å². The monoisotopic (exact) mass is 436 g/mol. The van der Waals surface area contributed by atoms with Crippen LogP contribution in [0.15, 0.2) is 48.5 Å². The van der Waals surface area contributed by atoms with Gasteiger partial charge in [-0.2, -0.15) is 0 Å². The van der Waals surface area contributed by atoms with E-state index in [1.807, 2.05) is 24.3 Å². The van der Waals surface area contributed by atoms with Crippen LogP contribution in [0.1, 0.15) is 63.5 Å². The first-order valence-corrected chi connectivity index (χ1v) is 8.01. The molecule has 2 aromatic carbocycles. The van der Waals surface area contributed by atoms with Crippen molar-refractivity contribution in [1.82, 2.24) is 0 Å². The van der Waals surface area contributed by atoms with E-state index in [9.17, 15) is 10.2 Å². The molecule has 0 spiro atoms. The van der Waals surface area contributed by atoms with Crippen LogP contribution in [0.5, 0.6) is 11.5 Å². The zero-order chi connectivity index (χ0) is 16.5. The molecule has 2 atom stereocenters. The zero-order valence-corrected chi connectivity index (χ0v) is 19.2. The molecule has 2 nitrogen and oxygen atoms in total. The average molecular weight is 436 g/mol. The standard InChI is InChI=1S/2C10H14O.Ba/c2*1-3-8(2)9-5-4-6-10(11)7-9;/h2*4-8,11H,3H2,1-2H3;/q;;+2/p-2. The first-order chi connectivity index (χ1) is 10.5. The van der Waals surface area contributed by atoms with E-state index in [4.69, 9.17) is 0 Å². The molecule has 0 saturated heterocycles. The van der Waals surface area contributed by atoms with Crippen LogP contribution in [0, 0.1) is 0 Å². The second kappa shape index (κ2) is 12.0. The van der Waals surface area contributed by atoms with Gasteiger partial charge in [-0.05, 0) is 35.8 Å². The van der Waals surface area contributed by atoms with Crippen LogP contribution in [0.2, 0.25) is 0 Å². The Morgan fingerprint density at radius 3 is 1.35 bits per heavy atom. The second-order valence-corrected chi connectivity index (χ2v) is 5.76. The normalized spacial score (nSPS) is 12.3. The van der Waals surface area contributed by atoms with E-state index in [2.05, 4.69) is 27.7 Å². The number of benzene rings is 2. The van der Waals surface area contributed by atoms with Crippen LogP contribution in [0.3, 0.4) is 0 Å². The average Bonchev–Trinajstić information content (AvgIpc) is 2.54. The summed E-state index contributed by atoms with van der Waals surface area (Å²) in [6.07, 6.45) is 2.17. The van der Waals surface area contributed by atoms with Crippen molar-refractivity contribution in [2.75, 3.05) is 0 Å². The summed E-state index contributed by atoms with van der Waals surface area (Å²) >= 11 is 0. The number of rotatable bonds is 4. The molecule has 2 unspecified atom stereocenters. The van der Waals surface area contributed by atoms with Gasteiger partial charge in [-0.25, -0.2) is 0 Å². The Kier molecular flexibility index (Phi) is 11.8. The summed E-state index contributed by atoms with van der Waals surface area (Å²) in [5, 5.41) is 21.8. The first kappa shape index (κ1) is 22.6. The van der Waals surface area contributed by atoms with E-state index >= 15 is 0 Å². The van der Waals surface area contributed by atoms with E-state index < -0.39 is 0 Å². The molecule has 0 aliphatic rings. The van der Waals surface area contributed by atoms with E-state index in [-0.39, 0.29) is 60.4 Å². The molecule has 0 radical (unpaired) electrons. The molecule has 3 heteroatoms. The van der Waals surface area contributed by atoms with Crippen molar-refractivity contribution in [3.8, 4) is 11.5 Å². The minimum absolute atomic E-state index is 0. The number of hydrogen-bond donors (Lipinski definition) is 0. The minimum atomic E-state index is 0. The topological polar surface area (TPSA) is 46.1 Å². The van der Waals surface area contributed by atoms with Gasteiger partial charge in [-0.1, -0.05) is 76.2 Å². The van der Waals surface area contributed by atoms with Gasteiger partial charge >= 0.3 is 48.9 Å². The number of hydrogen-bond acceptors (Lipinski definition) is 2. The van der Waals surface area contributed by atoms with E-state index in [1.54, 1.807) is 24.3 Å². The maximum absolute atomic E-state index is 10.9. The van der Waals surface area contributed by atoms with Crippen molar-refractivity contribution < 1.29 is 10.2 Å². The summed E-state index contributed by atoms with van der Waals surface area (Å²) < 4.78 is 0. The Morgan fingerprint density at radius 2 is 1.09 bits per heavy atom. The Bertz CT molecular complexity index is 518. The van der Waals surface area contributed by atoms with Crippen molar-refractivity contribution in [3.05, 3.63) is 59.7 Å². The Labute approximate surface area is 181 Å². The molecule has 0 aliphatic heterocycles. The van der Waals surface area contributed by atoms with Gasteiger partial charge in [-0.15, -0.1) is 11.5 Å². The summed E-state index contributed by atoms with van der Waals surface area (Å²) in [5.74, 6) is 1.23. The van der Waals surface area contributed by atoms with Crippen LogP contribution in [0.4, 0.5) is 0 Å². The van der Waals surface area contributed by atoms with Crippen molar-refractivity contribution in [1.29, 1.82) is 0 Å². The predicted molar refractivity (Wildman–Crippen MR) is 94.9 cm³/mol. The van der Waals surface area contributed by atoms with Gasteiger partial charge < -0.3 is 10.2 Å². The largest absolute Gasteiger partial charge is 2.00 e. The van der Waals surface area contributed by atoms with Crippen molar-refractivity contribution in [2.24, 2.45) is 0 Å². The van der Waals surface area contributed by atoms with Crippen LogP contribution in [-0.2, 0) is 0 Å². The Balaban J connectivity index is 0.000000403. The molecule has 23 heavy (non-hydrogen) atoms.